The predicted octanol–water partition coefficient (Wildman–Crippen LogP) is 1.75. The monoisotopic (exact) mass is 254 g/mol. The molecule has 0 bridgehead atoms. The molecule has 1 amide bonds. The number of nitrogens with zero attached hydrogens (tertiary/aromatic N) is 1. The lowest BCUT2D eigenvalue weighted by atomic mass is 9.92. The molecule has 2 aliphatic heterocycles. The lowest BCUT2D eigenvalue weighted by Gasteiger charge is -2.41. The quantitative estimate of drug-likeness (QED) is 0.816. The van der Waals surface area contributed by atoms with Crippen molar-refractivity contribution in [2.45, 2.75) is 71.3 Å². The summed E-state index contributed by atoms with van der Waals surface area (Å²) in [5.74, 6) is 0.609. The normalized spacial score (nSPS) is 36.4. The summed E-state index contributed by atoms with van der Waals surface area (Å²) in [7, 11) is 0. The van der Waals surface area contributed by atoms with Crippen LogP contribution in [0.4, 0.5) is 0 Å². The second-order valence-corrected chi connectivity index (χ2v) is 6.56. The van der Waals surface area contributed by atoms with E-state index in [2.05, 4.69) is 44.8 Å². The molecule has 0 aliphatic carbocycles. The van der Waals surface area contributed by atoms with E-state index < -0.39 is 0 Å². The minimum absolute atomic E-state index is 0.0223. The third kappa shape index (κ3) is 2.54. The molecule has 2 fully saturated rings. The van der Waals surface area contributed by atoms with Crippen molar-refractivity contribution in [3.63, 3.8) is 0 Å². The Morgan fingerprint density at radius 1 is 1.44 bits per heavy atom. The van der Waals surface area contributed by atoms with E-state index in [9.17, 15) is 4.79 Å². The van der Waals surface area contributed by atoms with E-state index in [-0.39, 0.29) is 23.7 Å². The Morgan fingerprint density at radius 2 is 2.11 bits per heavy atom. The molecule has 2 aliphatic rings. The van der Waals surface area contributed by atoms with Crippen LogP contribution in [-0.2, 0) is 9.53 Å². The number of rotatable bonds is 2. The van der Waals surface area contributed by atoms with Crippen molar-refractivity contribution in [3.8, 4) is 0 Å². The largest absolute Gasteiger partial charge is 0.375 e. The molecule has 2 heterocycles. The Balaban J connectivity index is 2.11. The fourth-order valence-electron chi connectivity index (χ4n) is 3.17. The van der Waals surface area contributed by atoms with Gasteiger partial charge in [-0.2, -0.15) is 0 Å². The number of hydrogen-bond donors (Lipinski definition) is 1. The van der Waals surface area contributed by atoms with Crippen molar-refractivity contribution in [2.24, 2.45) is 5.92 Å². The van der Waals surface area contributed by atoms with E-state index in [0.717, 1.165) is 19.4 Å². The SMILES string of the molecule is CC(C)C1NC(C)N(C2CCOC(C)(C)C2)C1=O. The highest BCUT2D eigenvalue weighted by atomic mass is 16.5. The van der Waals surface area contributed by atoms with Crippen LogP contribution in [-0.4, -0.2) is 41.3 Å². The van der Waals surface area contributed by atoms with Crippen LogP contribution in [0.15, 0.2) is 0 Å². The molecule has 104 valence electrons. The van der Waals surface area contributed by atoms with Gasteiger partial charge in [0, 0.05) is 12.6 Å². The zero-order chi connectivity index (χ0) is 13.5. The van der Waals surface area contributed by atoms with Crippen LogP contribution in [0.3, 0.4) is 0 Å². The molecule has 2 rings (SSSR count). The van der Waals surface area contributed by atoms with Gasteiger partial charge in [-0.1, -0.05) is 13.8 Å². The molecule has 4 nitrogen and oxygen atoms in total. The van der Waals surface area contributed by atoms with Crippen LogP contribution >= 0.6 is 0 Å². The number of carbonyl (C=O) groups is 1. The maximum absolute atomic E-state index is 12.5. The van der Waals surface area contributed by atoms with Crippen LogP contribution in [0, 0.1) is 5.92 Å². The van der Waals surface area contributed by atoms with Crippen molar-refractivity contribution in [1.82, 2.24) is 10.2 Å². The summed E-state index contributed by atoms with van der Waals surface area (Å²) in [6, 6.07) is 0.290. The van der Waals surface area contributed by atoms with Gasteiger partial charge in [0.05, 0.1) is 17.8 Å². The third-order valence-corrected chi connectivity index (χ3v) is 4.09. The van der Waals surface area contributed by atoms with E-state index in [1.54, 1.807) is 0 Å². The number of amides is 1. The topological polar surface area (TPSA) is 41.6 Å². The second-order valence-electron chi connectivity index (χ2n) is 6.56. The summed E-state index contributed by atoms with van der Waals surface area (Å²) in [6.07, 6.45) is 2.02. The average Bonchev–Trinajstić information content (AvgIpc) is 2.53. The first kappa shape index (κ1) is 13.8. The number of ether oxygens (including phenoxy) is 1. The molecule has 2 saturated heterocycles. The molecule has 1 N–H and O–H groups in total. The van der Waals surface area contributed by atoms with Crippen LogP contribution in [0.2, 0.25) is 0 Å². The molecule has 3 unspecified atom stereocenters. The molecular weight excluding hydrogens is 228 g/mol. The number of nitrogens with one attached hydrogen (secondary N) is 1. The van der Waals surface area contributed by atoms with Crippen LogP contribution in [0.25, 0.3) is 0 Å². The van der Waals surface area contributed by atoms with Crippen molar-refractivity contribution in [2.75, 3.05) is 6.61 Å². The smallest absolute Gasteiger partial charge is 0.241 e. The molecule has 3 atom stereocenters. The van der Waals surface area contributed by atoms with E-state index in [1.165, 1.54) is 0 Å². The van der Waals surface area contributed by atoms with Gasteiger partial charge < -0.3 is 9.64 Å². The fourth-order valence-corrected chi connectivity index (χ4v) is 3.17. The van der Waals surface area contributed by atoms with Gasteiger partial charge in [0.25, 0.3) is 0 Å². The Labute approximate surface area is 110 Å². The van der Waals surface area contributed by atoms with Gasteiger partial charge >= 0.3 is 0 Å². The summed E-state index contributed by atoms with van der Waals surface area (Å²) in [4.78, 5) is 14.5. The molecule has 4 heteroatoms. The highest BCUT2D eigenvalue weighted by Gasteiger charge is 2.44. The first-order chi connectivity index (χ1) is 8.32. The summed E-state index contributed by atoms with van der Waals surface area (Å²) in [6.45, 7) is 11.2. The molecule has 0 aromatic rings. The van der Waals surface area contributed by atoms with Crippen LogP contribution in [0.1, 0.15) is 47.5 Å². The maximum atomic E-state index is 12.5. The first-order valence-electron chi connectivity index (χ1n) is 7.04. The summed E-state index contributed by atoms with van der Waals surface area (Å²) in [5, 5.41) is 3.41. The summed E-state index contributed by atoms with van der Waals surface area (Å²) in [5.41, 5.74) is -0.112. The molecular formula is C14H26N2O2. The fraction of sp³-hybridized carbons (Fsp3) is 0.929. The molecule has 0 spiro atoms. The minimum Gasteiger partial charge on any atom is -0.375 e. The molecule has 18 heavy (non-hydrogen) atoms. The number of carbonyl (C=O) groups excluding carboxylic acids is 1. The first-order valence-corrected chi connectivity index (χ1v) is 7.04. The summed E-state index contributed by atoms with van der Waals surface area (Å²) < 4.78 is 5.74. The third-order valence-electron chi connectivity index (χ3n) is 4.09. The highest BCUT2D eigenvalue weighted by Crippen LogP contribution is 2.31. The van der Waals surface area contributed by atoms with Crippen molar-refractivity contribution in [1.29, 1.82) is 0 Å². The van der Waals surface area contributed by atoms with Gasteiger partial charge in [-0.25, -0.2) is 0 Å². The Hall–Kier alpha value is -0.610. The van der Waals surface area contributed by atoms with Crippen LogP contribution < -0.4 is 5.32 Å². The van der Waals surface area contributed by atoms with Gasteiger partial charge in [-0.15, -0.1) is 0 Å². The molecule has 0 saturated carbocycles. The lowest BCUT2D eigenvalue weighted by molar-refractivity contribution is -0.139. The van der Waals surface area contributed by atoms with Crippen molar-refractivity contribution in [3.05, 3.63) is 0 Å². The second kappa shape index (κ2) is 4.82. The Bertz CT molecular complexity index is 328. The highest BCUT2D eigenvalue weighted by molar-refractivity contribution is 5.84. The standard InChI is InChI=1S/C14H26N2O2/c1-9(2)12-13(17)16(10(3)15-12)11-6-7-18-14(4,5)8-11/h9-12,15H,6-8H2,1-5H3. The molecule has 0 aromatic carbocycles. The van der Waals surface area contributed by atoms with Gasteiger partial charge in [0.1, 0.15) is 0 Å². The van der Waals surface area contributed by atoms with E-state index in [1.807, 2.05) is 0 Å². The zero-order valence-corrected chi connectivity index (χ0v) is 12.2. The van der Waals surface area contributed by atoms with Crippen LogP contribution in [0.5, 0.6) is 0 Å². The molecule has 0 aromatic heterocycles. The van der Waals surface area contributed by atoms with Gasteiger partial charge in [-0.05, 0) is 39.5 Å². The van der Waals surface area contributed by atoms with Crippen molar-refractivity contribution < 1.29 is 9.53 Å². The van der Waals surface area contributed by atoms with Gasteiger partial charge in [0.2, 0.25) is 5.91 Å². The Morgan fingerprint density at radius 3 is 2.61 bits per heavy atom. The Kier molecular flexibility index (Phi) is 3.70. The van der Waals surface area contributed by atoms with Gasteiger partial charge in [-0.3, -0.25) is 10.1 Å². The van der Waals surface area contributed by atoms with E-state index in [4.69, 9.17) is 4.74 Å². The number of hydrogen-bond acceptors (Lipinski definition) is 3. The van der Waals surface area contributed by atoms with E-state index >= 15 is 0 Å². The van der Waals surface area contributed by atoms with Crippen molar-refractivity contribution >= 4 is 5.91 Å². The predicted molar refractivity (Wildman–Crippen MR) is 71.1 cm³/mol. The van der Waals surface area contributed by atoms with Gasteiger partial charge in [0.15, 0.2) is 0 Å². The summed E-state index contributed by atoms with van der Waals surface area (Å²) >= 11 is 0. The average molecular weight is 254 g/mol. The zero-order valence-electron chi connectivity index (χ0n) is 12.2. The maximum Gasteiger partial charge on any atom is 0.241 e. The van der Waals surface area contributed by atoms with E-state index in [0.29, 0.717) is 12.0 Å². The minimum atomic E-state index is -0.112. The lowest BCUT2D eigenvalue weighted by Crippen LogP contribution is -2.50. The molecule has 0 radical (unpaired) electrons.